The lowest BCUT2D eigenvalue weighted by atomic mass is 9.84. The highest BCUT2D eigenvalue weighted by Gasteiger charge is 2.32. The summed E-state index contributed by atoms with van der Waals surface area (Å²) in [6, 6.07) is 2.07. The fraction of sp³-hybridized carbons (Fsp3) is 0.750. The van der Waals surface area contributed by atoms with Gasteiger partial charge in [0.15, 0.2) is 0 Å². The van der Waals surface area contributed by atoms with Gasteiger partial charge in [0.05, 0.1) is 6.07 Å². The number of hydrogen-bond donors (Lipinski definition) is 0. The number of carbonyl (C=O) groups excluding carboxylic acids is 2. The maximum Gasteiger partial charge on any atom is 0.303 e. The molecule has 0 aromatic heterocycles. The van der Waals surface area contributed by atoms with Crippen LogP contribution in [0.15, 0.2) is 0 Å². The number of Topliss-reactive ketones (excluding diaryl/α,β-unsaturated/α-hetero) is 1. The fourth-order valence-electron chi connectivity index (χ4n) is 1.64. The number of esters is 1. The van der Waals surface area contributed by atoms with Crippen LogP contribution in [-0.4, -0.2) is 17.4 Å². The topological polar surface area (TPSA) is 67.2 Å². The van der Waals surface area contributed by atoms with Gasteiger partial charge in [-0.1, -0.05) is 0 Å². The molecule has 0 fully saturated rings. The number of carbonyl (C=O) groups is 2. The van der Waals surface area contributed by atoms with E-state index in [9.17, 15) is 9.59 Å². The second-order valence-electron chi connectivity index (χ2n) is 4.50. The Bertz CT molecular complexity index is 302. The van der Waals surface area contributed by atoms with Crippen LogP contribution in [0.5, 0.6) is 0 Å². The quantitative estimate of drug-likeness (QED) is 0.650. The molecule has 0 rings (SSSR count). The lowest BCUT2D eigenvalue weighted by Gasteiger charge is -2.32. The Hall–Kier alpha value is -1.37. The molecule has 16 heavy (non-hydrogen) atoms. The number of nitrogens with zero attached hydrogens (tertiary/aromatic N) is 1. The number of ether oxygens (including phenoxy) is 1. The highest BCUT2D eigenvalue weighted by molar-refractivity contribution is 5.75. The van der Waals surface area contributed by atoms with Gasteiger partial charge in [0.2, 0.25) is 0 Å². The predicted molar refractivity (Wildman–Crippen MR) is 59.5 cm³/mol. The van der Waals surface area contributed by atoms with Crippen LogP contribution < -0.4 is 0 Å². The monoisotopic (exact) mass is 225 g/mol. The molecule has 0 aliphatic rings. The van der Waals surface area contributed by atoms with Gasteiger partial charge in [0.25, 0.3) is 0 Å². The van der Waals surface area contributed by atoms with Gasteiger partial charge in [-0.15, -0.1) is 0 Å². The van der Waals surface area contributed by atoms with E-state index < -0.39 is 5.60 Å². The molecule has 4 nitrogen and oxygen atoms in total. The van der Waals surface area contributed by atoms with Gasteiger partial charge < -0.3 is 9.53 Å². The zero-order valence-electron chi connectivity index (χ0n) is 10.4. The average Bonchev–Trinajstić information content (AvgIpc) is 2.09. The maximum atomic E-state index is 10.9. The molecule has 0 aliphatic carbocycles. The lowest BCUT2D eigenvalue weighted by Crippen LogP contribution is -2.36. The van der Waals surface area contributed by atoms with Crippen LogP contribution >= 0.6 is 0 Å². The van der Waals surface area contributed by atoms with E-state index in [1.165, 1.54) is 13.8 Å². The molecule has 4 heteroatoms. The maximum absolute atomic E-state index is 10.9. The zero-order chi connectivity index (χ0) is 12.8. The summed E-state index contributed by atoms with van der Waals surface area (Å²) in [5, 5.41) is 8.72. The molecule has 0 aliphatic heterocycles. The minimum atomic E-state index is -0.697. The van der Waals surface area contributed by atoms with Gasteiger partial charge in [-0.2, -0.15) is 5.26 Å². The molecule has 0 amide bonds. The lowest BCUT2D eigenvalue weighted by molar-refractivity contribution is -0.159. The van der Waals surface area contributed by atoms with Gasteiger partial charge in [-0.05, 0) is 27.2 Å². The molecule has 0 bridgehead atoms. The Balaban J connectivity index is 4.55. The molecule has 0 aromatic rings. The van der Waals surface area contributed by atoms with Crippen LogP contribution in [0.25, 0.3) is 0 Å². The summed E-state index contributed by atoms with van der Waals surface area (Å²) in [7, 11) is 0. The number of hydrogen-bond acceptors (Lipinski definition) is 4. The molecule has 0 N–H and O–H groups in total. The van der Waals surface area contributed by atoms with Crippen molar-refractivity contribution in [3.63, 3.8) is 0 Å². The minimum absolute atomic E-state index is 0.0848. The summed E-state index contributed by atoms with van der Waals surface area (Å²) >= 11 is 0. The molecule has 0 spiro atoms. The van der Waals surface area contributed by atoms with Crippen molar-refractivity contribution in [2.24, 2.45) is 5.92 Å². The smallest absolute Gasteiger partial charge is 0.303 e. The van der Waals surface area contributed by atoms with Gasteiger partial charge in [-0.3, -0.25) is 4.79 Å². The largest absolute Gasteiger partial charge is 0.460 e. The standard InChI is InChI=1S/C12H19NO3/c1-9(14)5-6-11(7-8-13)12(3,4)16-10(2)15/h11H,5-7H2,1-4H3/t11-/m1/s1. The first-order valence-corrected chi connectivity index (χ1v) is 5.35. The summed E-state index contributed by atoms with van der Waals surface area (Å²) in [6.45, 7) is 6.41. The first kappa shape index (κ1) is 14.6. The third-order valence-corrected chi connectivity index (χ3v) is 2.57. The Morgan fingerprint density at radius 3 is 2.31 bits per heavy atom. The van der Waals surface area contributed by atoms with Crippen LogP contribution in [0.3, 0.4) is 0 Å². The van der Waals surface area contributed by atoms with Crippen molar-refractivity contribution in [3.05, 3.63) is 0 Å². The second-order valence-corrected chi connectivity index (χ2v) is 4.50. The second kappa shape index (κ2) is 6.26. The number of ketones is 1. The molecular formula is C12H19NO3. The molecule has 0 radical (unpaired) electrons. The minimum Gasteiger partial charge on any atom is -0.460 e. The summed E-state index contributed by atoms with van der Waals surface area (Å²) in [6.07, 6.45) is 1.27. The van der Waals surface area contributed by atoms with E-state index in [1.54, 1.807) is 13.8 Å². The summed E-state index contributed by atoms with van der Waals surface area (Å²) in [5.41, 5.74) is -0.697. The van der Waals surface area contributed by atoms with Crippen molar-refractivity contribution in [2.75, 3.05) is 0 Å². The third-order valence-electron chi connectivity index (χ3n) is 2.57. The summed E-state index contributed by atoms with van der Waals surface area (Å²) in [4.78, 5) is 21.8. The molecule has 0 unspecified atom stereocenters. The van der Waals surface area contributed by atoms with Crippen molar-refractivity contribution in [1.29, 1.82) is 5.26 Å². The first-order chi connectivity index (χ1) is 7.29. The Morgan fingerprint density at radius 2 is 1.94 bits per heavy atom. The van der Waals surface area contributed by atoms with Gasteiger partial charge >= 0.3 is 5.97 Å². The van der Waals surface area contributed by atoms with Crippen LogP contribution in [0.2, 0.25) is 0 Å². The van der Waals surface area contributed by atoms with E-state index in [2.05, 4.69) is 6.07 Å². The molecule has 0 saturated heterocycles. The van der Waals surface area contributed by atoms with Gasteiger partial charge in [-0.25, -0.2) is 0 Å². The molecule has 90 valence electrons. The van der Waals surface area contributed by atoms with E-state index in [0.717, 1.165) is 0 Å². The molecule has 0 aromatic carbocycles. The van der Waals surface area contributed by atoms with Gasteiger partial charge in [0.1, 0.15) is 11.4 Å². The van der Waals surface area contributed by atoms with E-state index in [4.69, 9.17) is 10.00 Å². The third kappa shape index (κ3) is 5.50. The van der Waals surface area contributed by atoms with Crippen LogP contribution in [0.4, 0.5) is 0 Å². The normalized spacial score (nSPS) is 12.7. The van der Waals surface area contributed by atoms with Crippen molar-refractivity contribution in [1.82, 2.24) is 0 Å². The molecule has 0 heterocycles. The van der Waals surface area contributed by atoms with Crippen molar-refractivity contribution in [3.8, 4) is 6.07 Å². The van der Waals surface area contributed by atoms with E-state index in [-0.39, 0.29) is 24.1 Å². The highest BCUT2D eigenvalue weighted by Crippen LogP contribution is 2.28. The van der Waals surface area contributed by atoms with Crippen molar-refractivity contribution >= 4 is 11.8 Å². The van der Waals surface area contributed by atoms with Gasteiger partial charge in [0, 0.05) is 25.7 Å². The fourth-order valence-corrected chi connectivity index (χ4v) is 1.64. The van der Waals surface area contributed by atoms with Crippen molar-refractivity contribution < 1.29 is 14.3 Å². The predicted octanol–water partition coefficient (Wildman–Crippen LogP) is 2.23. The Morgan fingerprint density at radius 1 is 1.38 bits per heavy atom. The van der Waals surface area contributed by atoms with E-state index in [1.807, 2.05) is 0 Å². The Kier molecular flexibility index (Phi) is 5.73. The Labute approximate surface area is 96.6 Å². The van der Waals surface area contributed by atoms with Crippen LogP contribution in [0, 0.1) is 17.2 Å². The number of nitriles is 1. The average molecular weight is 225 g/mol. The molecular weight excluding hydrogens is 206 g/mol. The van der Waals surface area contributed by atoms with Crippen molar-refractivity contribution in [2.45, 2.75) is 52.6 Å². The number of rotatable bonds is 6. The van der Waals surface area contributed by atoms with Crippen LogP contribution in [0.1, 0.15) is 47.0 Å². The zero-order valence-corrected chi connectivity index (χ0v) is 10.4. The molecule has 0 saturated carbocycles. The summed E-state index contributed by atoms with van der Waals surface area (Å²) < 4.78 is 5.18. The van der Waals surface area contributed by atoms with Crippen LogP contribution in [-0.2, 0) is 14.3 Å². The highest BCUT2D eigenvalue weighted by atomic mass is 16.6. The molecule has 1 atom stereocenters. The first-order valence-electron chi connectivity index (χ1n) is 5.35. The SMILES string of the molecule is CC(=O)CC[C@H](CC#N)C(C)(C)OC(C)=O. The van der Waals surface area contributed by atoms with E-state index >= 15 is 0 Å². The summed E-state index contributed by atoms with van der Waals surface area (Å²) in [5.74, 6) is -0.386. The van der Waals surface area contributed by atoms with E-state index in [0.29, 0.717) is 12.8 Å².